The van der Waals surface area contributed by atoms with Crippen molar-refractivity contribution >= 4 is 27.5 Å². The summed E-state index contributed by atoms with van der Waals surface area (Å²) in [6.07, 6.45) is 0. The molecule has 0 spiro atoms. The smallest absolute Gasteiger partial charge is 0.239 e. The lowest BCUT2D eigenvalue weighted by Crippen LogP contribution is -2.26. The molecule has 1 aromatic carbocycles. The van der Waals surface area contributed by atoms with Gasteiger partial charge in [0.05, 0.1) is 17.8 Å². The zero-order chi connectivity index (χ0) is 11.3. The molecule has 0 radical (unpaired) electrons. The van der Waals surface area contributed by atoms with Gasteiger partial charge in [0.2, 0.25) is 5.91 Å². The molecule has 0 bridgehead atoms. The summed E-state index contributed by atoms with van der Waals surface area (Å²) < 4.78 is 0.862. The van der Waals surface area contributed by atoms with Crippen molar-refractivity contribution in [3.63, 3.8) is 0 Å². The van der Waals surface area contributed by atoms with E-state index in [9.17, 15) is 4.79 Å². The molecule has 0 aromatic heterocycles. The van der Waals surface area contributed by atoms with Crippen LogP contribution in [0, 0.1) is 11.3 Å². The maximum atomic E-state index is 11.0. The number of carbonyl (C=O) groups is 1. The number of likely N-dealkylation sites (N-methyl/N-ethyl adjacent to an activating group) is 1. The summed E-state index contributed by atoms with van der Waals surface area (Å²) in [5.74, 6) is -0.126. The molecule has 0 aliphatic rings. The first-order valence-electron chi connectivity index (χ1n) is 4.31. The first-order valence-corrected chi connectivity index (χ1v) is 5.10. The summed E-state index contributed by atoms with van der Waals surface area (Å²) >= 11 is 3.30. The highest BCUT2D eigenvalue weighted by Gasteiger charge is 2.03. The highest BCUT2D eigenvalue weighted by molar-refractivity contribution is 9.10. The number of hydrogen-bond donors (Lipinski definition) is 2. The SMILES string of the molecule is CNC(=O)CNc1cc(Br)ccc1C#N. The largest absolute Gasteiger partial charge is 0.375 e. The molecule has 0 saturated heterocycles. The Morgan fingerprint density at radius 3 is 2.93 bits per heavy atom. The number of carbonyl (C=O) groups excluding carboxylic acids is 1. The van der Waals surface area contributed by atoms with Crippen LogP contribution in [0.15, 0.2) is 22.7 Å². The van der Waals surface area contributed by atoms with Crippen molar-refractivity contribution in [3.05, 3.63) is 28.2 Å². The molecule has 0 saturated carbocycles. The Morgan fingerprint density at radius 1 is 1.60 bits per heavy atom. The van der Waals surface area contributed by atoms with E-state index >= 15 is 0 Å². The third-order valence-electron chi connectivity index (χ3n) is 1.82. The summed E-state index contributed by atoms with van der Waals surface area (Å²) in [5.41, 5.74) is 1.16. The highest BCUT2D eigenvalue weighted by atomic mass is 79.9. The van der Waals surface area contributed by atoms with E-state index in [0.717, 1.165) is 4.47 Å². The molecule has 2 N–H and O–H groups in total. The zero-order valence-electron chi connectivity index (χ0n) is 8.17. The Labute approximate surface area is 96.4 Å². The third-order valence-corrected chi connectivity index (χ3v) is 2.31. The fourth-order valence-electron chi connectivity index (χ4n) is 1.02. The van der Waals surface area contributed by atoms with Crippen molar-refractivity contribution in [2.24, 2.45) is 0 Å². The lowest BCUT2D eigenvalue weighted by molar-refractivity contribution is -0.118. The standard InChI is InChI=1S/C10H10BrN3O/c1-13-10(15)6-14-9-4-8(11)3-2-7(9)5-12/h2-4,14H,6H2,1H3,(H,13,15). The third kappa shape index (κ3) is 3.26. The van der Waals surface area contributed by atoms with Crippen LogP contribution in [0.1, 0.15) is 5.56 Å². The Kier molecular flexibility index (Phi) is 4.13. The summed E-state index contributed by atoms with van der Waals surface area (Å²) in [6, 6.07) is 7.29. The molecular formula is C10H10BrN3O. The maximum absolute atomic E-state index is 11.0. The summed E-state index contributed by atoms with van der Waals surface area (Å²) in [7, 11) is 1.57. The van der Waals surface area contributed by atoms with Gasteiger partial charge in [0.15, 0.2) is 0 Å². The van der Waals surface area contributed by atoms with Gasteiger partial charge in [-0.15, -0.1) is 0 Å². The highest BCUT2D eigenvalue weighted by Crippen LogP contribution is 2.20. The van der Waals surface area contributed by atoms with Gasteiger partial charge in [0, 0.05) is 11.5 Å². The number of halogens is 1. The normalized spacial score (nSPS) is 9.13. The number of rotatable bonds is 3. The average Bonchev–Trinajstić information content (AvgIpc) is 2.26. The van der Waals surface area contributed by atoms with Gasteiger partial charge in [-0.3, -0.25) is 4.79 Å². The Bertz CT molecular complexity index is 412. The van der Waals surface area contributed by atoms with Gasteiger partial charge in [-0.05, 0) is 18.2 Å². The van der Waals surface area contributed by atoms with E-state index in [1.807, 2.05) is 6.07 Å². The van der Waals surface area contributed by atoms with Gasteiger partial charge in [0.25, 0.3) is 0 Å². The fraction of sp³-hybridized carbons (Fsp3) is 0.200. The molecule has 0 unspecified atom stereocenters. The van der Waals surface area contributed by atoms with Gasteiger partial charge in [-0.2, -0.15) is 5.26 Å². The number of nitrogens with one attached hydrogen (secondary N) is 2. The van der Waals surface area contributed by atoms with Crippen LogP contribution in [-0.4, -0.2) is 19.5 Å². The Hall–Kier alpha value is -1.54. The Balaban J connectivity index is 2.80. The zero-order valence-corrected chi connectivity index (χ0v) is 9.76. The van der Waals surface area contributed by atoms with Crippen molar-refractivity contribution in [1.82, 2.24) is 5.32 Å². The van der Waals surface area contributed by atoms with Crippen molar-refractivity contribution in [2.75, 3.05) is 18.9 Å². The monoisotopic (exact) mass is 267 g/mol. The first-order chi connectivity index (χ1) is 7.17. The molecule has 4 nitrogen and oxygen atoms in total. The second-order valence-electron chi connectivity index (χ2n) is 2.83. The van der Waals surface area contributed by atoms with Crippen LogP contribution in [-0.2, 0) is 4.79 Å². The Morgan fingerprint density at radius 2 is 2.33 bits per heavy atom. The van der Waals surface area contributed by atoms with Gasteiger partial charge >= 0.3 is 0 Å². The number of anilines is 1. The quantitative estimate of drug-likeness (QED) is 0.872. The molecular weight excluding hydrogens is 258 g/mol. The predicted octanol–water partition coefficient (Wildman–Crippen LogP) is 1.48. The van der Waals surface area contributed by atoms with E-state index in [-0.39, 0.29) is 12.5 Å². The second-order valence-corrected chi connectivity index (χ2v) is 3.74. The van der Waals surface area contributed by atoms with E-state index < -0.39 is 0 Å². The van der Waals surface area contributed by atoms with Crippen LogP contribution < -0.4 is 10.6 Å². The molecule has 0 atom stereocenters. The minimum Gasteiger partial charge on any atom is -0.375 e. The summed E-state index contributed by atoms with van der Waals surface area (Å²) in [6.45, 7) is 0.154. The number of benzene rings is 1. The fourth-order valence-corrected chi connectivity index (χ4v) is 1.39. The van der Waals surface area contributed by atoms with Crippen LogP contribution in [0.25, 0.3) is 0 Å². The number of nitriles is 1. The van der Waals surface area contributed by atoms with Crippen molar-refractivity contribution in [1.29, 1.82) is 5.26 Å². The van der Waals surface area contributed by atoms with Gasteiger partial charge in [0.1, 0.15) is 6.07 Å². The molecule has 0 aliphatic carbocycles. The van der Waals surface area contributed by atoms with Gasteiger partial charge in [-0.1, -0.05) is 15.9 Å². The van der Waals surface area contributed by atoms with E-state index in [2.05, 4.69) is 26.6 Å². The van der Waals surface area contributed by atoms with Crippen LogP contribution in [0.2, 0.25) is 0 Å². The van der Waals surface area contributed by atoms with Gasteiger partial charge < -0.3 is 10.6 Å². The van der Waals surface area contributed by atoms with E-state index in [1.54, 1.807) is 25.2 Å². The lowest BCUT2D eigenvalue weighted by atomic mass is 10.2. The van der Waals surface area contributed by atoms with Crippen LogP contribution >= 0.6 is 15.9 Å². The average molecular weight is 268 g/mol. The van der Waals surface area contributed by atoms with Crippen molar-refractivity contribution < 1.29 is 4.79 Å². The topological polar surface area (TPSA) is 64.9 Å². The molecule has 15 heavy (non-hydrogen) atoms. The molecule has 0 aliphatic heterocycles. The maximum Gasteiger partial charge on any atom is 0.239 e. The van der Waals surface area contributed by atoms with E-state index in [0.29, 0.717) is 11.3 Å². The minimum atomic E-state index is -0.126. The molecule has 0 heterocycles. The molecule has 1 amide bonds. The first kappa shape index (κ1) is 11.5. The van der Waals surface area contributed by atoms with Crippen molar-refractivity contribution in [3.8, 4) is 6.07 Å². The summed E-state index contributed by atoms with van der Waals surface area (Å²) in [5, 5.41) is 14.2. The lowest BCUT2D eigenvalue weighted by Gasteiger charge is -2.07. The van der Waals surface area contributed by atoms with E-state index in [4.69, 9.17) is 5.26 Å². The second kappa shape index (κ2) is 5.37. The van der Waals surface area contributed by atoms with Crippen LogP contribution in [0.3, 0.4) is 0 Å². The van der Waals surface area contributed by atoms with Crippen LogP contribution in [0.5, 0.6) is 0 Å². The number of hydrogen-bond acceptors (Lipinski definition) is 3. The van der Waals surface area contributed by atoms with Crippen LogP contribution in [0.4, 0.5) is 5.69 Å². The molecule has 0 fully saturated rings. The minimum absolute atomic E-state index is 0.126. The van der Waals surface area contributed by atoms with E-state index in [1.165, 1.54) is 0 Å². The van der Waals surface area contributed by atoms with Gasteiger partial charge in [-0.25, -0.2) is 0 Å². The molecule has 5 heteroatoms. The number of amides is 1. The number of nitrogens with zero attached hydrogens (tertiary/aromatic N) is 1. The molecule has 1 rings (SSSR count). The molecule has 1 aromatic rings. The predicted molar refractivity (Wildman–Crippen MR) is 61.4 cm³/mol. The molecule has 78 valence electrons. The van der Waals surface area contributed by atoms with Crippen molar-refractivity contribution in [2.45, 2.75) is 0 Å². The summed E-state index contributed by atoms with van der Waals surface area (Å²) in [4.78, 5) is 11.0.